The van der Waals surface area contributed by atoms with Crippen molar-refractivity contribution >= 4 is 35.2 Å². The van der Waals surface area contributed by atoms with Gasteiger partial charge in [0.25, 0.3) is 11.8 Å². The van der Waals surface area contributed by atoms with E-state index in [0.717, 1.165) is 11.1 Å². The molecule has 0 radical (unpaired) electrons. The maximum absolute atomic E-state index is 12.4. The second-order valence-electron chi connectivity index (χ2n) is 6.63. The van der Waals surface area contributed by atoms with Crippen LogP contribution in [-0.2, 0) is 14.3 Å². The summed E-state index contributed by atoms with van der Waals surface area (Å²) in [6, 6.07) is 13.4. The number of esters is 1. The van der Waals surface area contributed by atoms with Crippen LogP contribution in [0, 0.1) is 13.8 Å². The number of amides is 2. The van der Waals surface area contributed by atoms with Crippen LogP contribution in [0.2, 0.25) is 0 Å². The number of nitrogens with one attached hydrogen (secondary N) is 2. The van der Waals surface area contributed by atoms with E-state index in [2.05, 4.69) is 10.6 Å². The molecule has 0 unspecified atom stereocenters. The third-order valence-corrected chi connectivity index (χ3v) is 5.02. The van der Waals surface area contributed by atoms with Crippen LogP contribution in [0.4, 0.5) is 5.69 Å². The molecule has 2 N–H and O–H groups in total. The van der Waals surface area contributed by atoms with Gasteiger partial charge in [0, 0.05) is 11.3 Å². The van der Waals surface area contributed by atoms with Gasteiger partial charge in [-0.25, -0.2) is 4.79 Å². The normalized spacial score (nSPS) is 11.4. The first kappa shape index (κ1) is 22.5. The third kappa shape index (κ3) is 7.27. The predicted octanol–water partition coefficient (Wildman–Crippen LogP) is 3.34. The number of thioether (sulfide) groups is 1. The Labute approximate surface area is 175 Å². The number of rotatable bonds is 9. The SMILES string of the molecule is CSCC[C@H](NC(=O)c1ccccc1)C(=O)OCC(=O)Nc1ccc(C)c(C)c1. The summed E-state index contributed by atoms with van der Waals surface area (Å²) in [5.74, 6) is -0.740. The molecule has 0 aliphatic rings. The number of hydrogen-bond donors (Lipinski definition) is 2. The van der Waals surface area contributed by atoms with Crippen LogP contribution in [0.25, 0.3) is 0 Å². The molecular formula is C22H26N2O4S. The van der Waals surface area contributed by atoms with Gasteiger partial charge in [-0.3, -0.25) is 9.59 Å². The fourth-order valence-electron chi connectivity index (χ4n) is 2.57. The molecule has 0 saturated carbocycles. The van der Waals surface area contributed by atoms with Crippen LogP contribution in [-0.4, -0.2) is 42.4 Å². The highest BCUT2D eigenvalue weighted by Gasteiger charge is 2.23. The number of ether oxygens (including phenoxy) is 1. The number of carbonyl (C=O) groups is 3. The summed E-state index contributed by atoms with van der Waals surface area (Å²) in [4.78, 5) is 36.9. The summed E-state index contributed by atoms with van der Waals surface area (Å²) in [6.45, 7) is 3.53. The zero-order chi connectivity index (χ0) is 21.2. The van der Waals surface area contributed by atoms with Crippen molar-refractivity contribution in [3.8, 4) is 0 Å². The van der Waals surface area contributed by atoms with E-state index in [-0.39, 0.29) is 5.91 Å². The van der Waals surface area contributed by atoms with Gasteiger partial charge < -0.3 is 15.4 Å². The lowest BCUT2D eigenvalue weighted by atomic mass is 10.1. The molecule has 2 aromatic rings. The first-order valence-electron chi connectivity index (χ1n) is 9.29. The largest absolute Gasteiger partial charge is 0.454 e. The van der Waals surface area contributed by atoms with Crippen molar-refractivity contribution in [1.82, 2.24) is 5.32 Å². The van der Waals surface area contributed by atoms with Gasteiger partial charge in [0.05, 0.1) is 0 Å². The van der Waals surface area contributed by atoms with Gasteiger partial charge in [-0.1, -0.05) is 24.3 Å². The number of benzene rings is 2. The van der Waals surface area contributed by atoms with E-state index in [0.29, 0.717) is 23.4 Å². The van der Waals surface area contributed by atoms with Gasteiger partial charge >= 0.3 is 5.97 Å². The maximum atomic E-state index is 12.4. The number of anilines is 1. The van der Waals surface area contributed by atoms with Crippen LogP contribution >= 0.6 is 11.8 Å². The van der Waals surface area contributed by atoms with Crippen molar-refractivity contribution in [3.63, 3.8) is 0 Å². The Bertz CT molecular complexity index is 855. The van der Waals surface area contributed by atoms with Crippen molar-refractivity contribution < 1.29 is 19.1 Å². The molecule has 0 bridgehead atoms. The third-order valence-electron chi connectivity index (χ3n) is 4.37. The van der Waals surface area contributed by atoms with E-state index < -0.39 is 24.5 Å². The average molecular weight is 415 g/mol. The van der Waals surface area contributed by atoms with E-state index >= 15 is 0 Å². The molecule has 154 valence electrons. The molecule has 0 saturated heterocycles. The molecule has 0 heterocycles. The Morgan fingerprint density at radius 2 is 1.76 bits per heavy atom. The molecule has 7 heteroatoms. The van der Waals surface area contributed by atoms with Crippen LogP contribution < -0.4 is 10.6 Å². The fraction of sp³-hybridized carbons (Fsp3) is 0.318. The standard InChI is InChI=1S/C22H26N2O4S/c1-15-9-10-18(13-16(15)2)23-20(25)14-28-22(27)19(11-12-29-3)24-21(26)17-7-5-4-6-8-17/h4-10,13,19H,11-12,14H2,1-3H3,(H,23,25)(H,24,26)/t19-/m0/s1. The number of hydrogen-bond acceptors (Lipinski definition) is 5. The molecule has 2 rings (SSSR count). The van der Waals surface area contributed by atoms with Gasteiger partial charge in [0.1, 0.15) is 6.04 Å². The zero-order valence-corrected chi connectivity index (χ0v) is 17.7. The topological polar surface area (TPSA) is 84.5 Å². The molecule has 0 aliphatic heterocycles. The lowest BCUT2D eigenvalue weighted by Gasteiger charge is -2.17. The zero-order valence-electron chi connectivity index (χ0n) is 16.9. The number of carbonyl (C=O) groups excluding carboxylic acids is 3. The smallest absolute Gasteiger partial charge is 0.329 e. The van der Waals surface area contributed by atoms with Crippen molar-refractivity contribution in [2.45, 2.75) is 26.3 Å². The fourth-order valence-corrected chi connectivity index (χ4v) is 3.04. The summed E-state index contributed by atoms with van der Waals surface area (Å²) < 4.78 is 5.15. The summed E-state index contributed by atoms with van der Waals surface area (Å²) in [5, 5.41) is 5.40. The Kier molecular flexibility index (Phi) is 8.73. The quantitative estimate of drug-likeness (QED) is 0.615. The van der Waals surface area contributed by atoms with Crippen LogP contribution in [0.1, 0.15) is 27.9 Å². The van der Waals surface area contributed by atoms with Crippen molar-refractivity contribution in [3.05, 3.63) is 65.2 Å². The second-order valence-corrected chi connectivity index (χ2v) is 7.61. The lowest BCUT2D eigenvalue weighted by Crippen LogP contribution is -2.43. The molecule has 6 nitrogen and oxygen atoms in total. The van der Waals surface area contributed by atoms with Crippen molar-refractivity contribution in [1.29, 1.82) is 0 Å². The monoisotopic (exact) mass is 414 g/mol. The molecule has 0 spiro atoms. The highest BCUT2D eigenvalue weighted by molar-refractivity contribution is 7.98. The summed E-state index contributed by atoms with van der Waals surface area (Å²) in [5.41, 5.74) is 3.29. The summed E-state index contributed by atoms with van der Waals surface area (Å²) >= 11 is 1.56. The lowest BCUT2D eigenvalue weighted by molar-refractivity contribution is -0.149. The second kappa shape index (κ2) is 11.3. The van der Waals surface area contributed by atoms with E-state index in [1.807, 2.05) is 38.3 Å². The summed E-state index contributed by atoms with van der Waals surface area (Å²) in [7, 11) is 0. The Balaban J connectivity index is 1.91. The molecule has 0 aliphatic carbocycles. The van der Waals surface area contributed by atoms with Gasteiger partial charge in [-0.2, -0.15) is 11.8 Å². The predicted molar refractivity (Wildman–Crippen MR) is 116 cm³/mol. The number of aryl methyl sites for hydroxylation is 2. The molecule has 1 atom stereocenters. The minimum atomic E-state index is -0.815. The van der Waals surface area contributed by atoms with E-state index in [1.165, 1.54) is 0 Å². The molecule has 0 fully saturated rings. The van der Waals surface area contributed by atoms with E-state index in [9.17, 15) is 14.4 Å². The average Bonchev–Trinajstić information content (AvgIpc) is 2.72. The van der Waals surface area contributed by atoms with Gasteiger partial charge in [0.2, 0.25) is 0 Å². The molecule has 0 aromatic heterocycles. The molecule has 29 heavy (non-hydrogen) atoms. The Morgan fingerprint density at radius 1 is 1.03 bits per heavy atom. The van der Waals surface area contributed by atoms with Crippen LogP contribution in [0.3, 0.4) is 0 Å². The van der Waals surface area contributed by atoms with E-state index in [1.54, 1.807) is 42.1 Å². The minimum Gasteiger partial charge on any atom is -0.454 e. The molecule has 2 aromatic carbocycles. The molecule has 2 amide bonds. The Morgan fingerprint density at radius 3 is 2.41 bits per heavy atom. The first-order valence-corrected chi connectivity index (χ1v) is 10.7. The van der Waals surface area contributed by atoms with Gasteiger partial charge in [-0.05, 0) is 67.7 Å². The highest BCUT2D eigenvalue weighted by atomic mass is 32.2. The minimum absolute atomic E-state index is 0.353. The van der Waals surface area contributed by atoms with E-state index in [4.69, 9.17) is 4.74 Å². The van der Waals surface area contributed by atoms with Crippen LogP contribution in [0.15, 0.2) is 48.5 Å². The summed E-state index contributed by atoms with van der Waals surface area (Å²) in [6.07, 6.45) is 2.33. The first-order chi connectivity index (χ1) is 13.9. The highest BCUT2D eigenvalue weighted by Crippen LogP contribution is 2.14. The Hall–Kier alpha value is -2.80. The van der Waals surface area contributed by atoms with Crippen LogP contribution in [0.5, 0.6) is 0 Å². The van der Waals surface area contributed by atoms with Gasteiger partial charge in [0.15, 0.2) is 6.61 Å². The molecular weight excluding hydrogens is 388 g/mol. The van der Waals surface area contributed by atoms with Gasteiger partial charge in [-0.15, -0.1) is 0 Å². The van der Waals surface area contributed by atoms with Crippen molar-refractivity contribution in [2.75, 3.05) is 23.9 Å². The van der Waals surface area contributed by atoms with Crippen molar-refractivity contribution in [2.24, 2.45) is 0 Å². The maximum Gasteiger partial charge on any atom is 0.329 e.